The van der Waals surface area contributed by atoms with Gasteiger partial charge < -0.3 is 14.8 Å². The number of ether oxygens (including phenoxy) is 2. The first-order chi connectivity index (χ1) is 10.3. The first-order valence-corrected chi connectivity index (χ1v) is 7.35. The fraction of sp³-hybridized carbons (Fsp3) is 0.333. The van der Waals surface area contributed by atoms with Crippen LogP contribution >= 0.6 is 0 Å². The fourth-order valence-electron chi connectivity index (χ4n) is 2.42. The summed E-state index contributed by atoms with van der Waals surface area (Å²) in [5.41, 5.74) is 3.59. The largest absolute Gasteiger partial charge is 0.497 e. The molecule has 0 heterocycles. The predicted molar refractivity (Wildman–Crippen MR) is 84.8 cm³/mol. The van der Waals surface area contributed by atoms with Gasteiger partial charge in [-0.3, -0.25) is 0 Å². The van der Waals surface area contributed by atoms with Gasteiger partial charge in [0, 0.05) is 18.2 Å². The number of hydrogen-bond acceptors (Lipinski definition) is 3. The van der Waals surface area contributed by atoms with Crippen molar-refractivity contribution in [3.8, 4) is 22.6 Å². The molecule has 2 aromatic carbocycles. The predicted octanol–water partition coefficient (Wildman–Crippen LogP) is 3.62. The molecule has 3 heteroatoms. The van der Waals surface area contributed by atoms with E-state index in [1.165, 1.54) is 29.5 Å². The van der Waals surface area contributed by atoms with Crippen LogP contribution in [0.25, 0.3) is 11.1 Å². The Hall–Kier alpha value is -2.00. The molecular formula is C18H21NO2. The SMILES string of the molecule is COc1ccc(-c2ccc(OC)c(CNC3CC3)c2)cc1. The Morgan fingerprint density at radius 2 is 1.67 bits per heavy atom. The van der Waals surface area contributed by atoms with E-state index < -0.39 is 0 Å². The maximum absolute atomic E-state index is 5.47. The van der Waals surface area contributed by atoms with Gasteiger partial charge >= 0.3 is 0 Å². The van der Waals surface area contributed by atoms with Crippen molar-refractivity contribution >= 4 is 0 Å². The highest BCUT2D eigenvalue weighted by atomic mass is 16.5. The highest BCUT2D eigenvalue weighted by Crippen LogP contribution is 2.29. The van der Waals surface area contributed by atoms with E-state index in [4.69, 9.17) is 9.47 Å². The van der Waals surface area contributed by atoms with Crippen LogP contribution in [-0.4, -0.2) is 20.3 Å². The van der Waals surface area contributed by atoms with E-state index in [-0.39, 0.29) is 0 Å². The molecule has 1 fully saturated rings. The molecule has 1 saturated carbocycles. The second-order valence-corrected chi connectivity index (χ2v) is 5.41. The van der Waals surface area contributed by atoms with Crippen molar-refractivity contribution in [2.45, 2.75) is 25.4 Å². The van der Waals surface area contributed by atoms with E-state index in [9.17, 15) is 0 Å². The van der Waals surface area contributed by atoms with Gasteiger partial charge in [-0.1, -0.05) is 18.2 Å². The first-order valence-electron chi connectivity index (χ1n) is 7.35. The molecular weight excluding hydrogens is 262 g/mol. The Bertz CT molecular complexity index is 603. The third kappa shape index (κ3) is 3.37. The van der Waals surface area contributed by atoms with Crippen LogP contribution in [0.1, 0.15) is 18.4 Å². The van der Waals surface area contributed by atoms with Gasteiger partial charge in [0.15, 0.2) is 0 Å². The summed E-state index contributed by atoms with van der Waals surface area (Å²) in [6.07, 6.45) is 2.58. The molecule has 3 nitrogen and oxygen atoms in total. The van der Waals surface area contributed by atoms with Crippen LogP contribution in [0.3, 0.4) is 0 Å². The maximum Gasteiger partial charge on any atom is 0.123 e. The molecule has 0 aromatic heterocycles. The van der Waals surface area contributed by atoms with Crippen LogP contribution in [-0.2, 0) is 6.54 Å². The van der Waals surface area contributed by atoms with Gasteiger partial charge in [-0.15, -0.1) is 0 Å². The Balaban J connectivity index is 1.84. The van der Waals surface area contributed by atoms with Crippen molar-refractivity contribution in [2.24, 2.45) is 0 Å². The highest BCUT2D eigenvalue weighted by Gasteiger charge is 2.20. The quantitative estimate of drug-likeness (QED) is 0.878. The van der Waals surface area contributed by atoms with Crippen LogP contribution < -0.4 is 14.8 Å². The lowest BCUT2D eigenvalue weighted by Gasteiger charge is -2.12. The first kappa shape index (κ1) is 14.0. The van der Waals surface area contributed by atoms with Crippen molar-refractivity contribution in [3.05, 3.63) is 48.0 Å². The van der Waals surface area contributed by atoms with Gasteiger partial charge in [-0.2, -0.15) is 0 Å². The molecule has 0 unspecified atom stereocenters. The Labute approximate surface area is 125 Å². The summed E-state index contributed by atoms with van der Waals surface area (Å²) in [6.45, 7) is 0.859. The highest BCUT2D eigenvalue weighted by molar-refractivity contribution is 5.66. The molecule has 0 amide bonds. The molecule has 0 bridgehead atoms. The fourth-order valence-corrected chi connectivity index (χ4v) is 2.42. The number of rotatable bonds is 6. The molecule has 1 aliphatic rings. The number of methoxy groups -OCH3 is 2. The van der Waals surface area contributed by atoms with Gasteiger partial charge in [0.05, 0.1) is 14.2 Å². The van der Waals surface area contributed by atoms with Gasteiger partial charge in [0.25, 0.3) is 0 Å². The standard InChI is InChI=1S/C18H21NO2/c1-20-17-8-3-13(4-9-17)14-5-10-18(21-2)15(11-14)12-19-16-6-7-16/h3-5,8-11,16,19H,6-7,12H2,1-2H3. The molecule has 1 N–H and O–H groups in total. The third-order valence-corrected chi connectivity index (χ3v) is 3.86. The monoisotopic (exact) mass is 283 g/mol. The molecule has 0 saturated heterocycles. The molecule has 0 atom stereocenters. The van der Waals surface area contributed by atoms with E-state index in [0.717, 1.165) is 18.0 Å². The van der Waals surface area contributed by atoms with E-state index in [1.54, 1.807) is 14.2 Å². The summed E-state index contributed by atoms with van der Waals surface area (Å²) >= 11 is 0. The van der Waals surface area contributed by atoms with Crippen molar-refractivity contribution in [1.29, 1.82) is 0 Å². The molecule has 1 aliphatic carbocycles. The van der Waals surface area contributed by atoms with Crippen molar-refractivity contribution in [3.63, 3.8) is 0 Å². The van der Waals surface area contributed by atoms with E-state index >= 15 is 0 Å². The summed E-state index contributed by atoms with van der Waals surface area (Å²) in [4.78, 5) is 0. The lowest BCUT2D eigenvalue weighted by atomic mass is 10.0. The summed E-state index contributed by atoms with van der Waals surface area (Å²) in [5, 5.41) is 3.54. The zero-order chi connectivity index (χ0) is 14.7. The normalized spacial score (nSPS) is 14.0. The molecule has 110 valence electrons. The van der Waals surface area contributed by atoms with Gasteiger partial charge in [-0.25, -0.2) is 0 Å². The van der Waals surface area contributed by atoms with Crippen LogP contribution in [0.5, 0.6) is 11.5 Å². The number of benzene rings is 2. The van der Waals surface area contributed by atoms with E-state index in [0.29, 0.717) is 6.04 Å². The number of nitrogens with one attached hydrogen (secondary N) is 1. The van der Waals surface area contributed by atoms with Crippen LogP contribution in [0, 0.1) is 0 Å². The van der Waals surface area contributed by atoms with Crippen LogP contribution in [0.4, 0.5) is 0 Å². The summed E-state index contributed by atoms with van der Waals surface area (Å²) in [5.74, 6) is 1.82. The third-order valence-electron chi connectivity index (χ3n) is 3.86. The Morgan fingerprint density at radius 3 is 2.29 bits per heavy atom. The second kappa shape index (κ2) is 6.19. The topological polar surface area (TPSA) is 30.5 Å². The minimum absolute atomic E-state index is 0.694. The van der Waals surface area contributed by atoms with Crippen LogP contribution in [0.15, 0.2) is 42.5 Å². The number of hydrogen-bond donors (Lipinski definition) is 1. The zero-order valence-electron chi connectivity index (χ0n) is 12.6. The molecule has 0 spiro atoms. The molecule has 3 rings (SSSR count). The van der Waals surface area contributed by atoms with Crippen LogP contribution in [0.2, 0.25) is 0 Å². The molecule has 21 heavy (non-hydrogen) atoms. The maximum atomic E-state index is 5.47. The Morgan fingerprint density at radius 1 is 0.952 bits per heavy atom. The molecule has 0 radical (unpaired) electrons. The molecule has 0 aliphatic heterocycles. The summed E-state index contributed by atoms with van der Waals surface area (Å²) in [6, 6.07) is 15.2. The summed E-state index contributed by atoms with van der Waals surface area (Å²) in [7, 11) is 3.41. The van der Waals surface area contributed by atoms with Gasteiger partial charge in [0.2, 0.25) is 0 Å². The lowest BCUT2D eigenvalue weighted by molar-refractivity contribution is 0.407. The van der Waals surface area contributed by atoms with Crippen molar-refractivity contribution in [2.75, 3.05) is 14.2 Å². The molecule has 2 aromatic rings. The minimum atomic E-state index is 0.694. The average Bonchev–Trinajstić information content (AvgIpc) is 3.37. The minimum Gasteiger partial charge on any atom is -0.497 e. The van der Waals surface area contributed by atoms with E-state index in [2.05, 4.69) is 29.6 Å². The van der Waals surface area contributed by atoms with E-state index in [1.807, 2.05) is 18.2 Å². The van der Waals surface area contributed by atoms with Gasteiger partial charge in [-0.05, 0) is 48.2 Å². The lowest BCUT2D eigenvalue weighted by Crippen LogP contribution is -2.15. The van der Waals surface area contributed by atoms with Crippen molar-refractivity contribution < 1.29 is 9.47 Å². The second-order valence-electron chi connectivity index (χ2n) is 5.41. The zero-order valence-corrected chi connectivity index (χ0v) is 12.6. The average molecular weight is 283 g/mol. The van der Waals surface area contributed by atoms with Crippen molar-refractivity contribution in [1.82, 2.24) is 5.32 Å². The summed E-state index contributed by atoms with van der Waals surface area (Å²) < 4.78 is 10.7. The Kier molecular flexibility index (Phi) is 4.11. The smallest absolute Gasteiger partial charge is 0.123 e. The van der Waals surface area contributed by atoms with Gasteiger partial charge in [0.1, 0.15) is 11.5 Å².